The molecule has 0 radical (unpaired) electrons. The molecule has 1 aromatic heterocycles. The maximum absolute atomic E-state index is 13.3. The molecule has 1 fully saturated rings. The Balaban J connectivity index is 1.70. The first kappa shape index (κ1) is 22.0. The average Bonchev–Trinajstić information content (AvgIpc) is 3.26. The maximum atomic E-state index is 13.3. The summed E-state index contributed by atoms with van der Waals surface area (Å²) in [6.45, 7) is 2.38. The first-order valence-corrected chi connectivity index (χ1v) is 10.4. The molecular weight excluding hydrogens is 442 g/mol. The molecule has 3 aromatic rings. The van der Waals surface area contributed by atoms with Gasteiger partial charge in [-0.1, -0.05) is 12.1 Å². The smallest absolute Gasteiger partial charge is 0.270 e. The van der Waals surface area contributed by atoms with Gasteiger partial charge in [-0.3, -0.25) is 19.8 Å². The lowest BCUT2D eigenvalue weighted by Crippen LogP contribution is -2.54. The zero-order valence-corrected chi connectivity index (χ0v) is 18.3. The lowest BCUT2D eigenvalue weighted by molar-refractivity contribution is -0.255. The summed E-state index contributed by atoms with van der Waals surface area (Å²) in [4.78, 5) is 38.3. The number of thiocarbonyl (C=S) groups is 1. The number of nitrogens with zero attached hydrogens (tertiary/aromatic N) is 2. The number of amides is 2. The molecule has 0 spiro atoms. The van der Waals surface area contributed by atoms with Crippen molar-refractivity contribution < 1.29 is 24.2 Å². The molecule has 0 unspecified atom stereocenters. The maximum Gasteiger partial charge on any atom is 0.270 e. The van der Waals surface area contributed by atoms with Gasteiger partial charge in [0.05, 0.1) is 18.3 Å². The highest BCUT2D eigenvalue weighted by Gasteiger charge is 2.34. The number of carboxylic acids is 1. The van der Waals surface area contributed by atoms with Crippen molar-refractivity contribution in [2.45, 2.75) is 6.92 Å². The van der Waals surface area contributed by atoms with Crippen LogP contribution in [0.4, 0.5) is 5.69 Å². The summed E-state index contributed by atoms with van der Waals surface area (Å²) in [6, 6.07) is 16.4. The van der Waals surface area contributed by atoms with Crippen LogP contribution in [0, 0.1) is 0 Å². The molecule has 0 saturated carbocycles. The van der Waals surface area contributed by atoms with Gasteiger partial charge in [-0.25, -0.2) is 0 Å². The molecule has 0 aliphatic carbocycles. The molecular formula is C24H18N3O5S-. The normalized spacial score (nSPS) is 15.0. The van der Waals surface area contributed by atoms with E-state index in [1.54, 1.807) is 59.3 Å². The van der Waals surface area contributed by atoms with E-state index in [-0.39, 0.29) is 16.2 Å². The number of aromatic nitrogens is 1. The third-order valence-electron chi connectivity index (χ3n) is 4.94. The van der Waals surface area contributed by atoms with Crippen LogP contribution in [-0.4, -0.2) is 34.1 Å². The van der Waals surface area contributed by atoms with E-state index in [9.17, 15) is 19.5 Å². The molecule has 4 rings (SSSR count). The zero-order chi connectivity index (χ0) is 23.5. The van der Waals surface area contributed by atoms with E-state index in [0.717, 1.165) is 0 Å². The number of aromatic carboxylic acids is 1. The third kappa shape index (κ3) is 4.39. The van der Waals surface area contributed by atoms with E-state index in [0.29, 0.717) is 29.4 Å². The molecule has 2 amide bonds. The fraction of sp³-hybridized carbons (Fsp3) is 0.0833. The van der Waals surface area contributed by atoms with Crippen molar-refractivity contribution >= 4 is 46.9 Å². The summed E-state index contributed by atoms with van der Waals surface area (Å²) in [7, 11) is 0. The standard InChI is InChI=1S/C24H19N3O5S/c1-2-32-19-10-8-16(9-11-19)27-22(29)20(21(28)25-24(27)33)14-18-7-4-12-26(18)17-6-3-5-15(13-17)23(30)31/h3-14H,2H2,1H3,(H,30,31)(H,25,28,33)/p-1/b20-14+. The number of rotatable bonds is 6. The van der Waals surface area contributed by atoms with Gasteiger partial charge in [0.25, 0.3) is 11.8 Å². The lowest BCUT2D eigenvalue weighted by Gasteiger charge is -2.29. The number of carbonyl (C=O) groups excluding carboxylic acids is 3. The van der Waals surface area contributed by atoms with Gasteiger partial charge >= 0.3 is 0 Å². The summed E-state index contributed by atoms with van der Waals surface area (Å²) >= 11 is 5.24. The molecule has 9 heteroatoms. The Labute approximate surface area is 194 Å². The first-order valence-electron chi connectivity index (χ1n) is 10.0. The van der Waals surface area contributed by atoms with Crippen LogP contribution in [0.25, 0.3) is 11.8 Å². The quantitative estimate of drug-likeness (QED) is 0.343. The second kappa shape index (κ2) is 9.09. The van der Waals surface area contributed by atoms with Gasteiger partial charge in [0.1, 0.15) is 11.3 Å². The number of carbonyl (C=O) groups is 3. The number of anilines is 1. The Bertz CT molecular complexity index is 1290. The molecule has 33 heavy (non-hydrogen) atoms. The molecule has 0 atom stereocenters. The van der Waals surface area contributed by atoms with E-state index in [1.165, 1.54) is 23.1 Å². The average molecular weight is 460 g/mol. The summed E-state index contributed by atoms with van der Waals surface area (Å²) in [5.41, 5.74) is 1.42. The van der Waals surface area contributed by atoms with Crippen molar-refractivity contribution in [2.75, 3.05) is 11.5 Å². The molecule has 2 aromatic carbocycles. The third-order valence-corrected chi connectivity index (χ3v) is 5.22. The minimum atomic E-state index is -1.30. The second-order valence-corrected chi connectivity index (χ2v) is 7.41. The predicted molar refractivity (Wildman–Crippen MR) is 124 cm³/mol. The fourth-order valence-electron chi connectivity index (χ4n) is 3.43. The number of nitrogens with one attached hydrogen (secondary N) is 1. The molecule has 166 valence electrons. The molecule has 1 N–H and O–H groups in total. The fourth-order valence-corrected chi connectivity index (χ4v) is 3.71. The van der Waals surface area contributed by atoms with Gasteiger partial charge in [-0.05, 0) is 79.3 Å². The largest absolute Gasteiger partial charge is 0.545 e. The summed E-state index contributed by atoms with van der Waals surface area (Å²) < 4.78 is 7.09. The topological polar surface area (TPSA) is 104 Å². The Kier molecular flexibility index (Phi) is 6.05. The van der Waals surface area contributed by atoms with E-state index in [4.69, 9.17) is 17.0 Å². The molecule has 0 bridgehead atoms. The highest BCUT2D eigenvalue weighted by molar-refractivity contribution is 7.80. The van der Waals surface area contributed by atoms with Crippen LogP contribution in [0.2, 0.25) is 0 Å². The minimum Gasteiger partial charge on any atom is -0.545 e. The van der Waals surface area contributed by atoms with Crippen molar-refractivity contribution in [1.29, 1.82) is 0 Å². The van der Waals surface area contributed by atoms with Crippen molar-refractivity contribution in [3.8, 4) is 11.4 Å². The van der Waals surface area contributed by atoms with Crippen LogP contribution < -0.4 is 20.1 Å². The van der Waals surface area contributed by atoms with Crippen LogP contribution in [0.3, 0.4) is 0 Å². The Morgan fingerprint density at radius 3 is 2.55 bits per heavy atom. The van der Waals surface area contributed by atoms with Crippen molar-refractivity contribution in [3.05, 3.63) is 83.7 Å². The van der Waals surface area contributed by atoms with Crippen molar-refractivity contribution in [1.82, 2.24) is 9.88 Å². The van der Waals surface area contributed by atoms with Crippen molar-refractivity contribution in [3.63, 3.8) is 0 Å². The van der Waals surface area contributed by atoms with Crippen LogP contribution in [0.1, 0.15) is 23.0 Å². The Morgan fingerprint density at radius 2 is 1.85 bits per heavy atom. The number of hydrogen-bond donors (Lipinski definition) is 1. The van der Waals surface area contributed by atoms with Gasteiger partial charge in [0, 0.05) is 17.6 Å². The highest BCUT2D eigenvalue weighted by atomic mass is 32.1. The van der Waals surface area contributed by atoms with E-state index < -0.39 is 17.8 Å². The number of ether oxygens (including phenoxy) is 1. The first-order chi connectivity index (χ1) is 15.9. The molecule has 8 nitrogen and oxygen atoms in total. The predicted octanol–water partition coefficient (Wildman–Crippen LogP) is 2.07. The lowest BCUT2D eigenvalue weighted by atomic mass is 10.1. The van der Waals surface area contributed by atoms with Crippen molar-refractivity contribution in [2.24, 2.45) is 0 Å². The van der Waals surface area contributed by atoms with Gasteiger partial charge in [0.15, 0.2) is 5.11 Å². The number of benzene rings is 2. The Hall–Kier alpha value is -4.24. The molecule has 1 aliphatic heterocycles. The van der Waals surface area contributed by atoms with Crippen LogP contribution in [0.5, 0.6) is 5.75 Å². The van der Waals surface area contributed by atoms with Gasteiger partial charge in [-0.2, -0.15) is 0 Å². The zero-order valence-electron chi connectivity index (χ0n) is 17.5. The van der Waals surface area contributed by atoms with Crippen LogP contribution in [-0.2, 0) is 9.59 Å². The minimum absolute atomic E-state index is 0.0123. The molecule has 1 saturated heterocycles. The Morgan fingerprint density at radius 1 is 1.09 bits per heavy atom. The van der Waals surface area contributed by atoms with Gasteiger partial charge in [0.2, 0.25) is 0 Å². The summed E-state index contributed by atoms with van der Waals surface area (Å²) in [5.74, 6) is -1.86. The van der Waals surface area contributed by atoms with Crippen LogP contribution >= 0.6 is 12.2 Å². The van der Waals surface area contributed by atoms with E-state index in [2.05, 4.69) is 5.32 Å². The van der Waals surface area contributed by atoms with E-state index >= 15 is 0 Å². The molecule has 2 heterocycles. The second-order valence-electron chi connectivity index (χ2n) is 7.03. The van der Waals surface area contributed by atoms with E-state index in [1.807, 2.05) is 6.92 Å². The highest BCUT2D eigenvalue weighted by Crippen LogP contribution is 2.25. The molecule has 1 aliphatic rings. The van der Waals surface area contributed by atoms with Crippen LogP contribution in [0.15, 0.2) is 72.4 Å². The SMILES string of the molecule is CCOc1ccc(N2C(=O)/C(=C/c3cccn3-c3cccc(C(=O)[O-])c3)C(=O)NC2=S)cc1. The number of hydrogen-bond acceptors (Lipinski definition) is 6. The monoisotopic (exact) mass is 460 g/mol. The van der Waals surface area contributed by atoms with Gasteiger partial charge in [-0.15, -0.1) is 0 Å². The summed E-state index contributed by atoms with van der Waals surface area (Å²) in [5, 5.41) is 13.7. The summed E-state index contributed by atoms with van der Waals surface area (Å²) in [6.07, 6.45) is 3.13. The number of carboxylic acid groups (broad SMARTS) is 1. The van der Waals surface area contributed by atoms with Gasteiger partial charge < -0.3 is 19.2 Å².